The molecule has 3 amide bonds. The first kappa shape index (κ1) is 28.9. The Hall–Kier alpha value is -3.16. The summed E-state index contributed by atoms with van der Waals surface area (Å²) >= 11 is 6.44. The Bertz CT molecular complexity index is 1390. The molecule has 4 aliphatic rings. The van der Waals surface area contributed by atoms with Crippen molar-refractivity contribution in [2.24, 2.45) is 17.8 Å². The van der Waals surface area contributed by atoms with Crippen molar-refractivity contribution >= 4 is 35.0 Å². The number of halogens is 1. The van der Waals surface area contributed by atoms with E-state index in [0.29, 0.717) is 35.5 Å². The highest BCUT2D eigenvalue weighted by atomic mass is 35.5. The summed E-state index contributed by atoms with van der Waals surface area (Å²) in [6, 6.07) is 14.5. The summed E-state index contributed by atoms with van der Waals surface area (Å²) in [7, 11) is 0. The first-order valence-corrected chi connectivity index (χ1v) is 15.7. The fourth-order valence-corrected chi connectivity index (χ4v) is 7.65. The van der Waals surface area contributed by atoms with E-state index in [1.165, 1.54) is 5.56 Å². The fraction of sp³-hybridized carbons (Fsp3) is 0.500. The van der Waals surface area contributed by atoms with E-state index >= 15 is 0 Å². The van der Waals surface area contributed by atoms with Gasteiger partial charge in [-0.2, -0.15) is 0 Å². The quantitative estimate of drug-likeness (QED) is 0.399. The van der Waals surface area contributed by atoms with Crippen molar-refractivity contribution in [2.45, 2.75) is 82.6 Å². The first-order chi connectivity index (χ1) is 20.2. The van der Waals surface area contributed by atoms with E-state index in [2.05, 4.69) is 31.4 Å². The molecule has 2 saturated heterocycles. The lowest BCUT2D eigenvalue weighted by Gasteiger charge is -2.36. The molecule has 7 unspecified atom stereocenters. The third-order valence-electron chi connectivity index (χ3n) is 9.79. The second-order valence-electron chi connectivity index (χ2n) is 12.7. The number of nitrogens with one attached hydrogen (secondary N) is 2. The largest absolute Gasteiger partial charge is 0.359 e. The number of ether oxygens (including phenoxy) is 1. The average Bonchev–Trinajstić information content (AvgIpc) is 3.61. The van der Waals surface area contributed by atoms with E-state index in [4.69, 9.17) is 16.3 Å². The van der Waals surface area contributed by atoms with Crippen molar-refractivity contribution in [3.63, 3.8) is 0 Å². The molecule has 8 heteroatoms. The molecule has 6 rings (SSSR count). The van der Waals surface area contributed by atoms with E-state index in [1.54, 1.807) is 4.90 Å². The van der Waals surface area contributed by atoms with Crippen LogP contribution in [0.2, 0.25) is 5.02 Å². The van der Waals surface area contributed by atoms with Gasteiger partial charge in [0.2, 0.25) is 17.7 Å². The number of carbonyl (C=O) groups is 3. The molecule has 1 spiro atoms. The smallest absolute Gasteiger partial charge is 0.246 e. The number of benzene rings is 2. The second kappa shape index (κ2) is 11.5. The van der Waals surface area contributed by atoms with Gasteiger partial charge in [0.05, 0.1) is 17.9 Å². The Morgan fingerprint density at radius 3 is 2.52 bits per heavy atom. The topological polar surface area (TPSA) is 87.7 Å². The Morgan fingerprint density at radius 1 is 1.07 bits per heavy atom. The number of nitrogens with zero attached hydrogens (tertiary/aromatic N) is 1. The normalized spacial score (nSPS) is 31.5. The van der Waals surface area contributed by atoms with Crippen LogP contribution in [0.5, 0.6) is 0 Å². The molecule has 7 nitrogen and oxygen atoms in total. The predicted octanol–water partition coefficient (Wildman–Crippen LogP) is 5.49. The van der Waals surface area contributed by atoms with Crippen LogP contribution < -0.4 is 10.6 Å². The summed E-state index contributed by atoms with van der Waals surface area (Å²) in [5.74, 6) is -1.47. The van der Waals surface area contributed by atoms with Gasteiger partial charge in [0, 0.05) is 23.3 Å². The fourth-order valence-electron chi connectivity index (χ4n) is 7.42. The summed E-state index contributed by atoms with van der Waals surface area (Å²) in [6.07, 6.45) is 7.87. The maximum Gasteiger partial charge on any atom is 0.246 e. The van der Waals surface area contributed by atoms with Gasteiger partial charge in [0.1, 0.15) is 11.6 Å². The molecule has 2 N–H and O–H groups in total. The van der Waals surface area contributed by atoms with Gasteiger partial charge in [-0.25, -0.2) is 0 Å². The molecule has 3 aliphatic heterocycles. The zero-order valence-corrected chi connectivity index (χ0v) is 25.3. The number of hydrogen-bond acceptors (Lipinski definition) is 4. The molecular formula is C34H40ClN3O4. The minimum atomic E-state index is -1.19. The summed E-state index contributed by atoms with van der Waals surface area (Å²) in [4.78, 5) is 43.8. The summed E-state index contributed by atoms with van der Waals surface area (Å²) < 4.78 is 6.51. The molecule has 3 fully saturated rings. The minimum absolute atomic E-state index is 0.0534. The Labute approximate surface area is 253 Å². The van der Waals surface area contributed by atoms with Gasteiger partial charge in [-0.1, -0.05) is 87.7 Å². The van der Waals surface area contributed by atoms with Gasteiger partial charge in [0.15, 0.2) is 0 Å². The van der Waals surface area contributed by atoms with Crippen LogP contribution in [-0.2, 0) is 25.5 Å². The molecule has 0 aromatic heterocycles. The zero-order valence-electron chi connectivity index (χ0n) is 24.5. The number of hydrogen-bond donors (Lipinski definition) is 2. The Morgan fingerprint density at radius 2 is 1.81 bits per heavy atom. The monoisotopic (exact) mass is 589 g/mol. The highest BCUT2D eigenvalue weighted by Crippen LogP contribution is 2.55. The van der Waals surface area contributed by atoms with Crippen LogP contribution in [0.1, 0.15) is 63.5 Å². The number of fused-ring (bicyclic) bond motifs is 1. The summed E-state index contributed by atoms with van der Waals surface area (Å²) in [6.45, 7) is 6.71. The molecule has 0 radical (unpaired) electrons. The molecule has 42 heavy (non-hydrogen) atoms. The molecule has 222 valence electrons. The van der Waals surface area contributed by atoms with Crippen molar-refractivity contribution < 1.29 is 19.1 Å². The molecular weight excluding hydrogens is 550 g/mol. The van der Waals surface area contributed by atoms with Crippen LogP contribution in [0.4, 0.5) is 5.69 Å². The lowest BCUT2D eigenvalue weighted by atomic mass is 9.74. The Balaban J connectivity index is 1.28. The van der Waals surface area contributed by atoms with Gasteiger partial charge >= 0.3 is 0 Å². The highest BCUT2D eigenvalue weighted by molar-refractivity contribution is 6.31. The van der Waals surface area contributed by atoms with E-state index in [1.807, 2.05) is 60.7 Å². The predicted molar refractivity (Wildman–Crippen MR) is 163 cm³/mol. The third kappa shape index (κ3) is 5.05. The summed E-state index contributed by atoms with van der Waals surface area (Å²) in [5, 5.41) is 6.93. The van der Waals surface area contributed by atoms with Crippen molar-refractivity contribution in [1.82, 2.24) is 10.2 Å². The van der Waals surface area contributed by atoms with Gasteiger partial charge in [-0.3, -0.25) is 14.4 Å². The molecule has 1 saturated carbocycles. The molecule has 7 atom stereocenters. The molecule has 2 aromatic carbocycles. The molecule has 2 aromatic rings. The standard InChI is InChI=1S/C34H40ClN3O4/c1-20(2)22-12-14-24(15-13-22)36-31(39)28-27-16-18-34(42-27)29(28)33(41)38(19-17-23-9-5-6-10-25(23)35)30(34)32(40)37-26-11-7-4-8-21(26)3/h5-6,9-10,12-16,18,20-21,26-30H,4,7-8,11,17,19H2,1-3H3,(H,36,39)(H,37,40). The third-order valence-corrected chi connectivity index (χ3v) is 10.2. The first-order valence-electron chi connectivity index (χ1n) is 15.3. The summed E-state index contributed by atoms with van der Waals surface area (Å²) in [5.41, 5.74) is 1.57. The zero-order chi connectivity index (χ0) is 29.6. The molecule has 2 bridgehead atoms. The number of carbonyl (C=O) groups excluding carboxylic acids is 3. The highest BCUT2D eigenvalue weighted by Gasteiger charge is 2.72. The van der Waals surface area contributed by atoms with Crippen LogP contribution >= 0.6 is 11.6 Å². The van der Waals surface area contributed by atoms with Crippen molar-refractivity contribution in [1.29, 1.82) is 0 Å². The average molecular weight is 590 g/mol. The number of likely N-dealkylation sites (tertiary alicyclic amines) is 1. The Kier molecular flexibility index (Phi) is 7.92. The van der Waals surface area contributed by atoms with E-state index < -0.39 is 29.6 Å². The van der Waals surface area contributed by atoms with Gasteiger partial charge in [0.25, 0.3) is 0 Å². The lowest BCUT2D eigenvalue weighted by molar-refractivity contribution is -0.141. The minimum Gasteiger partial charge on any atom is -0.359 e. The van der Waals surface area contributed by atoms with Gasteiger partial charge < -0.3 is 20.3 Å². The van der Waals surface area contributed by atoms with Crippen LogP contribution in [0.25, 0.3) is 0 Å². The number of amides is 3. The van der Waals surface area contributed by atoms with E-state index in [0.717, 1.165) is 31.2 Å². The maximum absolute atomic E-state index is 14.3. The van der Waals surface area contributed by atoms with Crippen molar-refractivity contribution in [3.8, 4) is 0 Å². The second-order valence-corrected chi connectivity index (χ2v) is 13.1. The lowest BCUT2D eigenvalue weighted by Crippen LogP contribution is -2.57. The van der Waals surface area contributed by atoms with E-state index in [-0.39, 0.29) is 23.8 Å². The molecule has 3 heterocycles. The maximum atomic E-state index is 14.3. The number of anilines is 1. The van der Waals surface area contributed by atoms with E-state index in [9.17, 15) is 14.4 Å². The molecule has 1 aliphatic carbocycles. The van der Waals surface area contributed by atoms with Crippen LogP contribution in [0, 0.1) is 17.8 Å². The SMILES string of the molecule is CC(C)c1ccc(NC(=O)C2C3C=CC4(O3)C2C(=O)N(CCc2ccccc2Cl)C4C(=O)NC2CCCCC2C)cc1. The van der Waals surface area contributed by atoms with Crippen LogP contribution in [0.15, 0.2) is 60.7 Å². The number of rotatable bonds is 8. The van der Waals surface area contributed by atoms with Gasteiger partial charge in [-0.05, 0) is 60.4 Å². The van der Waals surface area contributed by atoms with Crippen LogP contribution in [0.3, 0.4) is 0 Å². The van der Waals surface area contributed by atoms with Gasteiger partial charge in [-0.15, -0.1) is 0 Å². The van der Waals surface area contributed by atoms with Crippen LogP contribution in [-0.4, -0.2) is 53.0 Å². The van der Waals surface area contributed by atoms with Crippen molar-refractivity contribution in [2.75, 3.05) is 11.9 Å². The van der Waals surface area contributed by atoms with Crippen molar-refractivity contribution in [3.05, 3.63) is 76.8 Å².